The molecule has 0 heterocycles. The number of rotatable bonds is 11. The van der Waals surface area contributed by atoms with Gasteiger partial charge in [0.2, 0.25) is 5.91 Å². The molecule has 0 unspecified atom stereocenters. The first kappa shape index (κ1) is 26.8. The number of anilines is 2. The number of nitrogens with zero attached hydrogens (tertiary/aromatic N) is 1. The molecule has 0 saturated heterocycles. The minimum atomic E-state index is -4.03. The van der Waals surface area contributed by atoms with Gasteiger partial charge >= 0.3 is 0 Å². The maximum absolute atomic E-state index is 13.6. The molecule has 0 fully saturated rings. The summed E-state index contributed by atoms with van der Waals surface area (Å²) in [6.07, 6.45) is 0. The van der Waals surface area contributed by atoms with Gasteiger partial charge in [-0.2, -0.15) is 0 Å². The first-order chi connectivity index (χ1) is 18.3. The number of amides is 1. The van der Waals surface area contributed by atoms with E-state index >= 15 is 0 Å². The first-order valence-electron chi connectivity index (χ1n) is 12.2. The molecule has 1 N–H and O–H groups in total. The number of hydrogen-bond acceptors (Lipinski definition) is 5. The van der Waals surface area contributed by atoms with Crippen molar-refractivity contribution in [1.82, 2.24) is 0 Å². The third-order valence-electron chi connectivity index (χ3n) is 5.72. The van der Waals surface area contributed by atoms with E-state index in [-0.39, 0.29) is 4.90 Å². The molecule has 1 amide bonds. The average molecular weight is 531 g/mol. The van der Waals surface area contributed by atoms with Crippen LogP contribution in [0.15, 0.2) is 108 Å². The van der Waals surface area contributed by atoms with Crippen molar-refractivity contribution in [1.29, 1.82) is 0 Å². The molecule has 4 aromatic carbocycles. The molecular weight excluding hydrogens is 500 g/mol. The summed E-state index contributed by atoms with van der Waals surface area (Å²) < 4.78 is 39.5. The van der Waals surface area contributed by atoms with Gasteiger partial charge in [-0.3, -0.25) is 9.10 Å². The highest BCUT2D eigenvalue weighted by atomic mass is 32.2. The van der Waals surface area contributed by atoms with Gasteiger partial charge in [-0.25, -0.2) is 8.42 Å². The largest absolute Gasteiger partial charge is 0.494 e. The minimum Gasteiger partial charge on any atom is -0.494 e. The number of carbonyl (C=O) groups is 1. The molecule has 8 heteroatoms. The molecule has 0 aliphatic heterocycles. The Morgan fingerprint density at radius 1 is 0.789 bits per heavy atom. The number of aryl methyl sites for hydroxylation is 1. The molecule has 0 spiro atoms. The van der Waals surface area contributed by atoms with Crippen molar-refractivity contribution in [2.75, 3.05) is 22.8 Å². The van der Waals surface area contributed by atoms with Crippen molar-refractivity contribution in [3.63, 3.8) is 0 Å². The van der Waals surface area contributed by atoms with Crippen LogP contribution < -0.4 is 19.1 Å². The van der Waals surface area contributed by atoms with Gasteiger partial charge in [-0.1, -0.05) is 48.0 Å². The Morgan fingerprint density at radius 2 is 1.39 bits per heavy atom. The van der Waals surface area contributed by atoms with Crippen molar-refractivity contribution < 1.29 is 22.7 Å². The third-order valence-corrected chi connectivity index (χ3v) is 7.51. The summed E-state index contributed by atoms with van der Waals surface area (Å²) in [5, 5.41) is 2.78. The summed E-state index contributed by atoms with van der Waals surface area (Å²) in [5.74, 6) is 0.756. The van der Waals surface area contributed by atoms with Crippen LogP contribution in [0.2, 0.25) is 0 Å². The molecule has 4 aromatic rings. The molecule has 38 heavy (non-hydrogen) atoms. The van der Waals surface area contributed by atoms with Crippen LogP contribution in [0, 0.1) is 6.92 Å². The summed E-state index contributed by atoms with van der Waals surface area (Å²) in [4.78, 5) is 13.1. The predicted octanol–water partition coefficient (Wildman–Crippen LogP) is 5.81. The zero-order chi connectivity index (χ0) is 27.0. The molecule has 0 aliphatic carbocycles. The Kier molecular flexibility index (Phi) is 8.66. The molecule has 0 aromatic heterocycles. The van der Waals surface area contributed by atoms with Gasteiger partial charge in [0.15, 0.2) is 0 Å². The van der Waals surface area contributed by atoms with E-state index in [1.54, 1.807) is 48.5 Å². The normalized spacial score (nSPS) is 11.0. The monoisotopic (exact) mass is 530 g/mol. The van der Waals surface area contributed by atoms with E-state index in [4.69, 9.17) is 9.47 Å². The highest BCUT2D eigenvalue weighted by Crippen LogP contribution is 2.26. The molecule has 7 nitrogen and oxygen atoms in total. The quantitative estimate of drug-likeness (QED) is 0.265. The van der Waals surface area contributed by atoms with Crippen LogP contribution in [0.4, 0.5) is 11.4 Å². The van der Waals surface area contributed by atoms with Gasteiger partial charge in [0.05, 0.1) is 17.2 Å². The van der Waals surface area contributed by atoms with E-state index in [0.29, 0.717) is 36.1 Å². The fourth-order valence-corrected chi connectivity index (χ4v) is 5.16. The summed E-state index contributed by atoms with van der Waals surface area (Å²) in [6, 6.07) is 29.9. The Labute approximate surface area is 223 Å². The maximum atomic E-state index is 13.6. The Bertz CT molecular complexity index is 1440. The van der Waals surface area contributed by atoms with E-state index in [0.717, 1.165) is 15.4 Å². The predicted molar refractivity (Wildman–Crippen MR) is 149 cm³/mol. The lowest BCUT2D eigenvalue weighted by molar-refractivity contribution is -0.114. The highest BCUT2D eigenvalue weighted by molar-refractivity contribution is 7.92. The van der Waals surface area contributed by atoms with Crippen LogP contribution in [-0.2, 0) is 21.4 Å². The zero-order valence-corrected chi connectivity index (χ0v) is 22.1. The second kappa shape index (κ2) is 12.3. The van der Waals surface area contributed by atoms with Crippen molar-refractivity contribution in [2.45, 2.75) is 25.3 Å². The Balaban J connectivity index is 1.48. The zero-order valence-electron chi connectivity index (χ0n) is 21.3. The molecule has 4 rings (SSSR count). The lowest BCUT2D eigenvalue weighted by atomic mass is 10.2. The van der Waals surface area contributed by atoms with Crippen LogP contribution in [-0.4, -0.2) is 27.5 Å². The van der Waals surface area contributed by atoms with Gasteiger partial charge in [0.1, 0.15) is 24.7 Å². The van der Waals surface area contributed by atoms with Gasteiger partial charge in [-0.05, 0) is 80.1 Å². The summed E-state index contributed by atoms with van der Waals surface area (Å²) in [7, 11) is -4.03. The highest BCUT2D eigenvalue weighted by Gasteiger charge is 2.27. The number of hydrogen-bond donors (Lipinski definition) is 1. The van der Waals surface area contributed by atoms with E-state index in [9.17, 15) is 13.2 Å². The van der Waals surface area contributed by atoms with Crippen molar-refractivity contribution >= 4 is 27.3 Å². The van der Waals surface area contributed by atoms with Gasteiger partial charge in [0.25, 0.3) is 10.0 Å². The first-order valence-corrected chi connectivity index (χ1v) is 13.7. The molecule has 0 radical (unpaired) electrons. The van der Waals surface area contributed by atoms with Gasteiger partial charge in [0, 0.05) is 5.69 Å². The molecule has 196 valence electrons. The van der Waals surface area contributed by atoms with Crippen LogP contribution in [0.5, 0.6) is 11.5 Å². The Hall–Kier alpha value is -4.30. The standard InChI is InChI=1S/C30H30N2O5S/c1-3-36-27-17-19-29(20-18-27)38(34,35)32(26-13-9-23(2)10-14-26)21-30(33)31-25-11-15-28(16-12-25)37-22-24-7-5-4-6-8-24/h4-20H,3,21-22H2,1-2H3,(H,31,33). The number of benzene rings is 4. The third kappa shape index (κ3) is 6.92. The van der Waals surface area contributed by atoms with Crippen molar-refractivity contribution in [3.05, 3.63) is 114 Å². The number of nitrogens with one attached hydrogen (secondary N) is 1. The topological polar surface area (TPSA) is 84.9 Å². The summed E-state index contributed by atoms with van der Waals surface area (Å²) in [5.41, 5.74) is 2.95. The average Bonchev–Trinajstić information content (AvgIpc) is 2.93. The molecule has 0 atom stereocenters. The van der Waals surface area contributed by atoms with E-state index in [1.165, 1.54) is 12.1 Å². The number of ether oxygens (including phenoxy) is 2. The second-order valence-electron chi connectivity index (χ2n) is 8.60. The van der Waals surface area contributed by atoms with Crippen LogP contribution in [0.3, 0.4) is 0 Å². The van der Waals surface area contributed by atoms with Crippen LogP contribution in [0.1, 0.15) is 18.1 Å². The molecule has 0 bridgehead atoms. The van der Waals surface area contributed by atoms with Gasteiger partial charge < -0.3 is 14.8 Å². The Morgan fingerprint density at radius 3 is 2.03 bits per heavy atom. The second-order valence-corrected chi connectivity index (χ2v) is 10.5. The lowest BCUT2D eigenvalue weighted by Crippen LogP contribution is -2.38. The van der Waals surface area contributed by atoms with E-state index in [2.05, 4.69) is 5.32 Å². The maximum Gasteiger partial charge on any atom is 0.264 e. The molecule has 0 saturated carbocycles. The van der Waals surface area contributed by atoms with Crippen molar-refractivity contribution in [2.24, 2.45) is 0 Å². The van der Waals surface area contributed by atoms with Crippen LogP contribution in [0.25, 0.3) is 0 Å². The van der Waals surface area contributed by atoms with Gasteiger partial charge in [-0.15, -0.1) is 0 Å². The van der Waals surface area contributed by atoms with Crippen molar-refractivity contribution in [3.8, 4) is 11.5 Å². The molecule has 0 aliphatic rings. The number of carbonyl (C=O) groups excluding carboxylic acids is 1. The van der Waals surface area contributed by atoms with E-state index < -0.39 is 22.5 Å². The smallest absolute Gasteiger partial charge is 0.264 e. The fourth-order valence-electron chi connectivity index (χ4n) is 3.73. The van der Waals surface area contributed by atoms with Crippen LogP contribution >= 0.6 is 0 Å². The summed E-state index contributed by atoms with van der Waals surface area (Å²) >= 11 is 0. The van der Waals surface area contributed by atoms with E-state index in [1.807, 2.05) is 56.3 Å². The minimum absolute atomic E-state index is 0.0641. The fraction of sp³-hybridized carbons (Fsp3) is 0.167. The lowest BCUT2D eigenvalue weighted by Gasteiger charge is -2.24. The summed E-state index contributed by atoms with van der Waals surface area (Å²) in [6.45, 7) is 4.27. The molecular formula is C30H30N2O5S. The number of sulfonamides is 1. The SMILES string of the molecule is CCOc1ccc(S(=O)(=O)N(CC(=O)Nc2ccc(OCc3ccccc3)cc2)c2ccc(C)cc2)cc1.